The van der Waals surface area contributed by atoms with Crippen molar-refractivity contribution in [3.63, 3.8) is 0 Å². The van der Waals surface area contributed by atoms with Crippen molar-refractivity contribution < 1.29 is 30.6 Å². The highest BCUT2D eigenvalue weighted by Crippen LogP contribution is 2.50. The van der Waals surface area contributed by atoms with Crippen LogP contribution in [0.3, 0.4) is 0 Å². The van der Waals surface area contributed by atoms with Crippen LogP contribution in [-0.4, -0.2) is 26.5 Å². The van der Waals surface area contributed by atoms with E-state index in [0.717, 1.165) is 12.1 Å². The summed E-state index contributed by atoms with van der Waals surface area (Å²) in [4.78, 5) is 0. The molecular weight excluding hydrogens is 419 g/mol. The van der Waals surface area contributed by atoms with Crippen molar-refractivity contribution in [2.75, 3.05) is 0 Å². The molecule has 0 N–H and O–H groups in total. The van der Waals surface area contributed by atoms with Crippen LogP contribution in [0, 0.1) is 11.3 Å². The van der Waals surface area contributed by atoms with Crippen molar-refractivity contribution in [1.29, 1.82) is 5.26 Å². The molecule has 0 bridgehead atoms. The number of hydrogen-bond acceptors (Lipinski definition) is 4. The Morgan fingerprint density at radius 3 is 2.36 bits per heavy atom. The number of nitriles is 1. The van der Waals surface area contributed by atoms with E-state index < -0.39 is 49.4 Å². The van der Waals surface area contributed by atoms with Gasteiger partial charge in [0.1, 0.15) is 10.8 Å². The Hall–Kier alpha value is -1.51. The maximum Gasteiger partial charge on any atom is 0.472 e. The van der Waals surface area contributed by atoms with Gasteiger partial charge < -0.3 is 0 Å². The summed E-state index contributed by atoms with van der Waals surface area (Å²) < 4.78 is 88.8. The van der Waals surface area contributed by atoms with Gasteiger partial charge in [-0.2, -0.15) is 41.2 Å². The lowest BCUT2D eigenvalue weighted by molar-refractivity contribution is -0.138. The van der Waals surface area contributed by atoms with E-state index in [1.807, 2.05) is 0 Å². The van der Waals surface area contributed by atoms with Gasteiger partial charge in [-0.25, -0.2) is 4.21 Å². The zero-order valence-corrected chi connectivity index (χ0v) is 13.9. The van der Waals surface area contributed by atoms with E-state index in [2.05, 4.69) is 5.10 Å². The molecule has 0 saturated carbocycles. The van der Waals surface area contributed by atoms with E-state index in [-0.39, 0.29) is 4.53 Å². The molecular formula is C12H5Cl2F6N3OS. The standard InChI is InChI=1S/C12H5Cl2F6N3OS/c13-7-3-1-2-6(11(15,16)17)9(7)10(25(24)12(18,19)20)5-22-23(14)8(10)4-21/h1-3,5,8H. The second kappa shape index (κ2) is 6.34. The van der Waals surface area contributed by atoms with E-state index in [1.165, 1.54) is 6.07 Å². The minimum absolute atomic E-state index is 0.188. The smallest absolute Gasteiger partial charge is 0.249 e. The average Bonchev–Trinajstić information content (AvgIpc) is 2.81. The summed E-state index contributed by atoms with van der Waals surface area (Å²) in [6, 6.07) is 1.39. The predicted octanol–water partition coefficient (Wildman–Crippen LogP) is 4.17. The first-order valence-corrected chi connectivity index (χ1v) is 7.98. The first-order valence-electron chi connectivity index (χ1n) is 6.12. The zero-order valence-electron chi connectivity index (χ0n) is 11.6. The monoisotopic (exact) mass is 423 g/mol. The highest BCUT2D eigenvalue weighted by atomic mass is 35.5. The summed E-state index contributed by atoms with van der Waals surface area (Å²) in [5, 5.41) is 11.6. The molecule has 0 aliphatic carbocycles. The van der Waals surface area contributed by atoms with Gasteiger partial charge in [-0.3, -0.25) is 0 Å². The molecule has 136 valence electrons. The third-order valence-corrected chi connectivity index (χ3v) is 5.49. The second-order valence-electron chi connectivity index (χ2n) is 4.73. The average molecular weight is 424 g/mol. The Kier molecular flexibility index (Phi) is 5.02. The largest absolute Gasteiger partial charge is 0.472 e. The normalized spacial score (nSPS) is 25.1. The first-order chi connectivity index (χ1) is 11.4. The van der Waals surface area contributed by atoms with Gasteiger partial charge in [-0.1, -0.05) is 17.7 Å². The second-order valence-corrected chi connectivity index (χ2v) is 7.16. The van der Waals surface area contributed by atoms with E-state index in [0.29, 0.717) is 12.3 Å². The molecule has 0 fully saturated rings. The summed E-state index contributed by atoms with van der Waals surface area (Å²) in [7, 11) is -4.01. The van der Waals surface area contributed by atoms with E-state index in [9.17, 15) is 30.6 Å². The lowest BCUT2D eigenvalue weighted by Crippen LogP contribution is -2.50. The van der Waals surface area contributed by atoms with E-state index in [4.69, 9.17) is 28.6 Å². The number of benzene rings is 1. The van der Waals surface area contributed by atoms with Crippen molar-refractivity contribution in [1.82, 2.24) is 4.53 Å². The minimum atomic E-state index is -5.47. The third kappa shape index (κ3) is 3.18. The van der Waals surface area contributed by atoms with Crippen LogP contribution in [0.5, 0.6) is 0 Å². The summed E-state index contributed by atoms with van der Waals surface area (Å²) >= 11 is 11.2. The Morgan fingerprint density at radius 1 is 1.28 bits per heavy atom. The maximum absolute atomic E-state index is 13.3. The zero-order chi connectivity index (χ0) is 19.2. The van der Waals surface area contributed by atoms with Crippen molar-refractivity contribution in [3.05, 3.63) is 34.3 Å². The Balaban J connectivity index is 2.93. The minimum Gasteiger partial charge on any atom is -0.249 e. The molecule has 1 aliphatic heterocycles. The Bertz CT molecular complexity index is 791. The van der Waals surface area contributed by atoms with E-state index >= 15 is 0 Å². The summed E-state index contributed by atoms with van der Waals surface area (Å²) in [6.07, 6.45) is -4.81. The van der Waals surface area contributed by atoms with Gasteiger partial charge in [-0.15, -0.1) is 0 Å². The summed E-state index contributed by atoms with van der Waals surface area (Å²) in [6.45, 7) is 0. The van der Waals surface area contributed by atoms with Crippen molar-refractivity contribution >= 4 is 40.4 Å². The SMILES string of the molecule is N#CC1N(Cl)N=CC1(c1c(Cl)cccc1C(F)(F)F)S(=O)C(F)(F)F. The number of alkyl halides is 6. The number of hydrogen-bond donors (Lipinski definition) is 0. The lowest BCUT2D eigenvalue weighted by Gasteiger charge is -2.33. The first kappa shape index (κ1) is 19.8. The summed E-state index contributed by atoms with van der Waals surface area (Å²) in [5.74, 6) is 0. The van der Waals surface area contributed by atoms with Gasteiger partial charge in [0.15, 0.2) is 10.8 Å². The molecule has 0 radical (unpaired) electrons. The van der Waals surface area contributed by atoms with E-state index in [1.54, 1.807) is 0 Å². The molecule has 1 aromatic rings. The molecule has 3 unspecified atom stereocenters. The van der Waals surface area contributed by atoms with Crippen molar-refractivity contribution in [2.45, 2.75) is 22.5 Å². The Labute approximate surface area is 149 Å². The molecule has 4 nitrogen and oxygen atoms in total. The van der Waals surface area contributed by atoms with Gasteiger partial charge in [0, 0.05) is 22.4 Å². The quantitative estimate of drug-likeness (QED) is 0.529. The molecule has 1 heterocycles. The number of nitrogens with zero attached hydrogens (tertiary/aromatic N) is 3. The van der Waals surface area contributed by atoms with Crippen LogP contribution in [0.2, 0.25) is 5.02 Å². The molecule has 0 spiro atoms. The molecule has 2 rings (SSSR count). The topological polar surface area (TPSA) is 56.5 Å². The summed E-state index contributed by atoms with van der Waals surface area (Å²) in [5.41, 5.74) is -8.22. The number of rotatable bonds is 2. The van der Waals surface area contributed by atoms with Crippen LogP contribution in [0.1, 0.15) is 11.1 Å². The van der Waals surface area contributed by atoms with Gasteiger partial charge >= 0.3 is 11.7 Å². The number of hydrazone groups is 1. The van der Waals surface area contributed by atoms with Crippen LogP contribution in [0.25, 0.3) is 0 Å². The molecule has 25 heavy (non-hydrogen) atoms. The molecule has 0 amide bonds. The molecule has 1 aliphatic rings. The lowest BCUT2D eigenvalue weighted by atomic mass is 9.89. The molecule has 0 saturated heterocycles. The van der Waals surface area contributed by atoms with Crippen LogP contribution in [-0.2, 0) is 21.7 Å². The third-order valence-electron chi connectivity index (χ3n) is 3.33. The van der Waals surface area contributed by atoms with Crippen molar-refractivity contribution in [2.24, 2.45) is 5.10 Å². The molecule has 1 aromatic carbocycles. The predicted molar refractivity (Wildman–Crippen MR) is 77.9 cm³/mol. The fourth-order valence-electron chi connectivity index (χ4n) is 2.37. The number of halogens is 8. The van der Waals surface area contributed by atoms with Gasteiger partial charge in [0.25, 0.3) is 0 Å². The van der Waals surface area contributed by atoms with Crippen LogP contribution < -0.4 is 0 Å². The van der Waals surface area contributed by atoms with Gasteiger partial charge in [0.05, 0.1) is 17.8 Å². The van der Waals surface area contributed by atoms with Crippen LogP contribution in [0.15, 0.2) is 23.3 Å². The van der Waals surface area contributed by atoms with Crippen molar-refractivity contribution in [3.8, 4) is 6.07 Å². The van der Waals surface area contributed by atoms with Crippen LogP contribution in [0.4, 0.5) is 26.3 Å². The van der Waals surface area contributed by atoms with Gasteiger partial charge in [0.2, 0.25) is 0 Å². The Morgan fingerprint density at radius 2 is 1.88 bits per heavy atom. The molecule has 3 atom stereocenters. The highest BCUT2D eigenvalue weighted by Gasteiger charge is 2.63. The molecule has 0 aromatic heterocycles. The fourth-order valence-corrected chi connectivity index (χ4v) is 4.34. The highest BCUT2D eigenvalue weighted by molar-refractivity contribution is 7.87. The molecule has 13 heteroatoms. The van der Waals surface area contributed by atoms with Crippen LogP contribution >= 0.6 is 23.4 Å². The van der Waals surface area contributed by atoms with Gasteiger partial charge in [-0.05, 0) is 12.1 Å². The fraction of sp³-hybridized carbons (Fsp3) is 0.333. The maximum atomic E-state index is 13.3.